The SMILES string of the molecule is O=C(CCSc1nnc(-c2ccncc2)n1Cc1ccccc1)Nc1ccccc1F. The Bertz CT molecular complexity index is 1150. The molecule has 0 bridgehead atoms. The number of aromatic nitrogens is 4. The molecule has 1 N–H and O–H groups in total. The number of amides is 1. The van der Waals surface area contributed by atoms with Gasteiger partial charge in [-0.25, -0.2) is 4.39 Å². The summed E-state index contributed by atoms with van der Waals surface area (Å²) < 4.78 is 15.7. The molecule has 4 aromatic rings. The number of thioether (sulfide) groups is 1. The van der Waals surface area contributed by atoms with Gasteiger partial charge in [-0.3, -0.25) is 14.3 Å². The number of para-hydroxylation sites is 1. The van der Waals surface area contributed by atoms with Gasteiger partial charge in [0.05, 0.1) is 12.2 Å². The van der Waals surface area contributed by atoms with Crippen LogP contribution in [0.15, 0.2) is 84.3 Å². The quantitative estimate of drug-likeness (QED) is 0.410. The number of benzene rings is 2. The third-order valence-electron chi connectivity index (χ3n) is 4.55. The van der Waals surface area contributed by atoms with E-state index in [9.17, 15) is 9.18 Å². The number of halogens is 1. The van der Waals surface area contributed by atoms with Crippen molar-refractivity contribution in [3.63, 3.8) is 0 Å². The van der Waals surface area contributed by atoms with E-state index in [0.717, 1.165) is 17.0 Å². The fourth-order valence-electron chi connectivity index (χ4n) is 3.03. The molecule has 2 aromatic heterocycles. The first-order valence-electron chi connectivity index (χ1n) is 9.75. The molecule has 8 heteroatoms. The summed E-state index contributed by atoms with van der Waals surface area (Å²) >= 11 is 1.44. The van der Waals surface area contributed by atoms with Gasteiger partial charge in [0.25, 0.3) is 0 Å². The number of carbonyl (C=O) groups excluding carboxylic acids is 1. The largest absolute Gasteiger partial charge is 0.324 e. The van der Waals surface area contributed by atoms with Gasteiger partial charge in [0, 0.05) is 30.1 Å². The minimum atomic E-state index is -0.451. The summed E-state index contributed by atoms with van der Waals surface area (Å²) in [4.78, 5) is 16.3. The van der Waals surface area contributed by atoms with Crippen molar-refractivity contribution < 1.29 is 9.18 Å². The van der Waals surface area contributed by atoms with Crippen LogP contribution in [0.2, 0.25) is 0 Å². The summed E-state index contributed by atoms with van der Waals surface area (Å²) in [5.74, 6) is 0.530. The molecule has 0 radical (unpaired) electrons. The lowest BCUT2D eigenvalue weighted by atomic mass is 10.2. The van der Waals surface area contributed by atoms with Crippen molar-refractivity contribution in [1.82, 2.24) is 19.7 Å². The van der Waals surface area contributed by atoms with Crippen LogP contribution in [0.3, 0.4) is 0 Å². The van der Waals surface area contributed by atoms with Crippen molar-refractivity contribution in [3.8, 4) is 11.4 Å². The fourth-order valence-corrected chi connectivity index (χ4v) is 3.90. The minimum absolute atomic E-state index is 0.185. The lowest BCUT2D eigenvalue weighted by Crippen LogP contribution is -2.13. The van der Waals surface area contributed by atoms with E-state index in [1.54, 1.807) is 24.5 Å². The first-order valence-corrected chi connectivity index (χ1v) is 10.7. The number of pyridine rings is 1. The lowest BCUT2D eigenvalue weighted by Gasteiger charge is -2.10. The van der Waals surface area contributed by atoms with Crippen molar-refractivity contribution in [1.29, 1.82) is 0 Å². The molecule has 0 unspecified atom stereocenters. The van der Waals surface area contributed by atoms with E-state index < -0.39 is 5.82 Å². The molecule has 0 aliphatic rings. The number of nitrogens with zero attached hydrogens (tertiary/aromatic N) is 4. The molecule has 6 nitrogen and oxygen atoms in total. The van der Waals surface area contributed by atoms with Gasteiger partial charge in [-0.1, -0.05) is 54.2 Å². The van der Waals surface area contributed by atoms with E-state index in [2.05, 4.69) is 20.5 Å². The van der Waals surface area contributed by atoms with E-state index in [1.165, 1.54) is 23.9 Å². The van der Waals surface area contributed by atoms with Crippen LogP contribution in [0.4, 0.5) is 10.1 Å². The highest BCUT2D eigenvalue weighted by Crippen LogP contribution is 2.25. The number of carbonyl (C=O) groups is 1. The highest BCUT2D eigenvalue weighted by molar-refractivity contribution is 7.99. The second-order valence-electron chi connectivity index (χ2n) is 6.74. The minimum Gasteiger partial charge on any atom is -0.324 e. The second kappa shape index (κ2) is 9.99. The molecule has 156 valence electrons. The van der Waals surface area contributed by atoms with Gasteiger partial charge < -0.3 is 5.32 Å². The van der Waals surface area contributed by atoms with Gasteiger partial charge in [-0.2, -0.15) is 0 Å². The number of nitrogens with one attached hydrogen (secondary N) is 1. The molecule has 0 aliphatic carbocycles. The zero-order valence-electron chi connectivity index (χ0n) is 16.6. The smallest absolute Gasteiger partial charge is 0.225 e. The number of hydrogen-bond donors (Lipinski definition) is 1. The second-order valence-corrected chi connectivity index (χ2v) is 7.80. The molecule has 0 saturated carbocycles. The molecule has 31 heavy (non-hydrogen) atoms. The molecule has 2 aromatic carbocycles. The van der Waals surface area contributed by atoms with Crippen LogP contribution in [-0.4, -0.2) is 31.4 Å². The number of rotatable bonds is 8. The Hall–Kier alpha value is -3.52. The zero-order chi connectivity index (χ0) is 21.5. The van der Waals surface area contributed by atoms with Gasteiger partial charge in [0.1, 0.15) is 5.82 Å². The van der Waals surface area contributed by atoms with Gasteiger partial charge >= 0.3 is 0 Å². The Balaban J connectivity index is 1.47. The molecule has 0 saturated heterocycles. The van der Waals surface area contributed by atoms with Crippen LogP contribution < -0.4 is 5.32 Å². The fraction of sp³-hybridized carbons (Fsp3) is 0.130. The van der Waals surface area contributed by atoms with Crippen LogP contribution in [0, 0.1) is 5.82 Å². The summed E-state index contributed by atoms with van der Waals surface area (Å²) in [5, 5.41) is 12.0. The first kappa shape index (κ1) is 20.7. The summed E-state index contributed by atoms with van der Waals surface area (Å²) in [6, 6.07) is 20.0. The van der Waals surface area contributed by atoms with Crippen molar-refractivity contribution in [2.24, 2.45) is 0 Å². The van der Waals surface area contributed by atoms with Gasteiger partial charge in [0.2, 0.25) is 5.91 Å². The average Bonchev–Trinajstić information content (AvgIpc) is 3.19. The Morgan fingerprint density at radius 1 is 0.968 bits per heavy atom. The molecule has 1 amide bonds. The molecule has 0 aliphatic heterocycles. The average molecular weight is 434 g/mol. The normalized spacial score (nSPS) is 10.7. The van der Waals surface area contributed by atoms with Crippen LogP contribution in [0.25, 0.3) is 11.4 Å². The molecular formula is C23H20FN5OS. The predicted octanol–water partition coefficient (Wildman–Crippen LogP) is 4.65. The molecule has 0 spiro atoms. The molecule has 4 rings (SSSR count). The summed E-state index contributed by atoms with van der Waals surface area (Å²) in [6.07, 6.45) is 3.66. The maximum absolute atomic E-state index is 13.7. The highest BCUT2D eigenvalue weighted by Gasteiger charge is 2.15. The first-order chi connectivity index (χ1) is 15.2. The molecule has 2 heterocycles. The van der Waals surface area contributed by atoms with Crippen LogP contribution in [0.5, 0.6) is 0 Å². The maximum Gasteiger partial charge on any atom is 0.225 e. The van der Waals surface area contributed by atoms with E-state index in [-0.39, 0.29) is 18.0 Å². The van der Waals surface area contributed by atoms with Crippen molar-refractivity contribution in [2.75, 3.05) is 11.1 Å². The van der Waals surface area contributed by atoms with Crippen LogP contribution >= 0.6 is 11.8 Å². The number of anilines is 1. The van der Waals surface area contributed by atoms with Crippen LogP contribution in [-0.2, 0) is 11.3 Å². The lowest BCUT2D eigenvalue weighted by molar-refractivity contribution is -0.115. The standard InChI is InChI=1S/C23H20FN5OS/c24-19-8-4-5-9-20(19)26-21(30)12-15-31-23-28-27-22(18-10-13-25-14-11-18)29(23)16-17-6-2-1-3-7-17/h1-11,13-14H,12,15-16H2,(H,26,30). The topological polar surface area (TPSA) is 72.7 Å². The van der Waals surface area contributed by atoms with Gasteiger partial charge in [-0.15, -0.1) is 10.2 Å². The molecule has 0 fully saturated rings. The van der Waals surface area contributed by atoms with Crippen LogP contribution in [0.1, 0.15) is 12.0 Å². The molecular weight excluding hydrogens is 413 g/mol. The van der Waals surface area contributed by atoms with Crippen molar-refractivity contribution in [2.45, 2.75) is 18.1 Å². The van der Waals surface area contributed by atoms with E-state index >= 15 is 0 Å². The van der Waals surface area contributed by atoms with Gasteiger partial charge in [-0.05, 0) is 29.8 Å². The number of hydrogen-bond acceptors (Lipinski definition) is 5. The Morgan fingerprint density at radius 2 is 1.71 bits per heavy atom. The Kier molecular flexibility index (Phi) is 6.68. The van der Waals surface area contributed by atoms with E-state index in [0.29, 0.717) is 17.5 Å². The monoisotopic (exact) mass is 433 g/mol. The molecule has 0 atom stereocenters. The van der Waals surface area contributed by atoms with E-state index in [1.807, 2.05) is 47.0 Å². The third kappa shape index (κ3) is 5.35. The Labute approximate surface area is 183 Å². The summed E-state index contributed by atoms with van der Waals surface area (Å²) in [5.41, 5.74) is 2.23. The highest BCUT2D eigenvalue weighted by atomic mass is 32.2. The predicted molar refractivity (Wildman–Crippen MR) is 119 cm³/mol. The van der Waals surface area contributed by atoms with Gasteiger partial charge in [0.15, 0.2) is 11.0 Å². The van der Waals surface area contributed by atoms with Crippen molar-refractivity contribution >= 4 is 23.4 Å². The Morgan fingerprint density at radius 3 is 2.48 bits per heavy atom. The summed E-state index contributed by atoms with van der Waals surface area (Å²) in [7, 11) is 0. The van der Waals surface area contributed by atoms with E-state index in [4.69, 9.17) is 0 Å². The summed E-state index contributed by atoms with van der Waals surface area (Å²) in [6.45, 7) is 0.606. The third-order valence-corrected chi connectivity index (χ3v) is 5.52. The van der Waals surface area contributed by atoms with Crippen molar-refractivity contribution in [3.05, 3.63) is 90.5 Å². The maximum atomic E-state index is 13.7. The zero-order valence-corrected chi connectivity index (χ0v) is 17.4.